The van der Waals surface area contributed by atoms with Crippen LogP contribution >= 0.6 is 34.5 Å². The lowest BCUT2D eigenvalue weighted by molar-refractivity contribution is 1.36. The summed E-state index contributed by atoms with van der Waals surface area (Å²) in [6, 6.07) is 17.2. The van der Waals surface area contributed by atoms with Gasteiger partial charge in [-0.3, -0.25) is 0 Å². The van der Waals surface area contributed by atoms with E-state index in [-0.39, 0.29) is 0 Å². The molecule has 1 heterocycles. The highest BCUT2D eigenvalue weighted by Gasteiger charge is 2.10. The van der Waals surface area contributed by atoms with Crippen molar-refractivity contribution in [2.45, 2.75) is 0 Å². The molecule has 0 bridgehead atoms. The van der Waals surface area contributed by atoms with Crippen LogP contribution in [0.2, 0.25) is 10.0 Å². The van der Waals surface area contributed by atoms with Gasteiger partial charge in [0.25, 0.3) is 0 Å². The van der Waals surface area contributed by atoms with Gasteiger partial charge in [-0.05, 0) is 24.3 Å². The summed E-state index contributed by atoms with van der Waals surface area (Å²) in [5.74, 6) is 0. The van der Waals surface area contributed by atoms with E-state index in [4.69, 9.17) is 23.2 Å². The Hall–Kier alpha value is -2.32. The Morgan fingerprint density at radius 3 is 2.62 bits per heavy atom. The Kier molecular flexibility index (Phi) is 5.17. The molecule has 1 aromatic heterocycles. The molecule has 0 atom stereocenters. The van der Waals surface area contributed by atoms with Crippen LogP contribution in [0.1, 0.15) is 5.01 Å². The highest BCUT2D eigenvalue weighted by molar-refractivity contribution is 7.11. The second-order valence-corrected chi connectivity index (χ2v) is 6.52. The smallest absolute Gasteiger partial charge is 0.136 e. The van der Waals surface area contributed by atoms with Crippen molar-refractivity contribution in [1.82, 2.24) is 4.98 Å². The molecule has 118 valence electrons. The lowest BCUT2D eigenvalue weighted by atomic mass is 10.2. The topological polar surface area (TPSA) is 48.7 Å². The van der Waals surface area contributed by atoms with Gasteiger partial charge in [0.2, 0.25) is 0 Å². The number of allylic oxidation sites excluding steroid dienone is 1. The van der Waals surface area contributed by atoms with E-state index in [1.54, 1.807) is 18.3 Å². The monoisotopic (exact) mass is 371 g/mol. The number of hydrogen-bond donors (Lipinski definition) is 1. The Morgan fingerprint density at radius 2 is 1.92 bits per heavy atom. The van der Waals surface area contributed by atoms with Gasteiger partial charge in [0.05, 0.1) is 15.7 Å². The summed E-state index contributed by atoms with van der Waals surface area (Å²) in [6.07, 6.45) is 1.66. The molecule has 0 aliphatic rings. The molecular weight excluding hydrogens is 361 g/mol. The number of thiazole rings is 1. The van der Waals surface area contributed by atoms with Crippen LogP contribution in [0.3, 0.4) is 0 Å². The number of rotatable bonds is 4. The third kappa shape index (κ3) is 3.77. The van der Waals surface area contributed by atoms with E-state index < -0.39 is 0 Å². The van der Waals surface area contributed by atoms with Crippen LogP contribution in [0, 0.1) is 11.3 Å². The maximum absolute atomic E-state index is 9.39. The molecule has 24 heavy (non-hydrogen) atoms. The average molecular weight is 372 g/mol. The first kappa shape index (κ1) is 16.5. The van der Waals surface area contributed by atoms with Gasteiger partial charge in [-0.2, -0.15) is 5.26 Å². The molecule has 0 aliphatic carbocycles. The lowest BCUT2D eigenvalue weighted by Gasteiger charge is -2.01. The van der Waals surface area contributed by atoms with Crippen LogP contribution in [0.15, 0.2) is 60.1 Å². The molecule has 0 amide bonds. The van der Waals surface area contributed by atoms with Crippen LogP contribution in [-0.4, -0.2) is 4.98 Å². The third-order valence-corrected chi connectivity index (χ3v) is 4.84. The number of halogens is 2. The van der Waals surface area contributed by atoms with Crippen LogP contribution in [0.5, 0.6) is 0 Å². The minimum Gasteiger partial charge on any atom is -0.360 e. The van der Waals surface area contributed by atoms with Crippen molar-refractivity contribution in [3.63, 3.8) is 0 Å². The second-order valence-electron chi connectivity index (χ2n) is 4.85. The number of nitrogens with one attached hydrogen (secondary N) is 1. The number of hydrogen-bond acceptors (Lipinski definition) is 4. The van der Waals surface area contributed by atoms with Crippen molar-refractivity contribution >= 4 is 45.8 Å². The zero-order valence-electron chi connectivity index (χ0n) is 12.3. The fraction of sp³-hybridized carbons (Fsp3) is 0. The summed E-state index contributed by atoms with van der Waals surface area (Å²) in [7, 11) is 0. The maximum Gasteiger partial charge on any atom is 0.136 e. The zero-order valence-corrected chi connectivity index (χ0v) is 14.7. The molecular formula is C18H11Cl2N3S. The fourth-order valence-corrected chi connectivity index (χ4v) is 3.11. The molecule has 3 nitrogen and oxygen atoms in total. The number of para-hydroxylation sites is 1. The van der Waals surface area contributed by atoms with Crippen molar-refractivity contribution < 1.29 is 0 Å². The Morgan fingerprint density at radius 1 is 1.12 bits per heavy atom. The lowest BCUT2D eigenvalue weighted by Crippen LogP contribution is -1.90. The minimum absolute atomic E-state index is 0.468. The molecule has 0 saturated heterocycles. The van der Waals surface area contributed by atoms with Crippen LogP contribution in [0.4, 0.5) is 5.69 Å². The summed E-state index contributed by atoms with van der Waals surface area (Å²) >= 11 is 13.4. The van der Waals surface area contributed by atoms with E-state index in [0.29, 0.717) is 20.6 Å². The third-order valence-electron chi connectivity index (χ3n) is 3.23. The number of nitriles is 1. The van der Waals surface area contributed by atoms with Gasteiger partial charge in [0.15, 0.2) is 0 Å². The molecule has 2 aromatic carbocycles. The van der Waals surface area contributed by atoms with E-state index in [1.807, 2.05) is 41.8 Å². The van der Waals surface area contributed by atoms with Gasteiger partial charge in [-0.1, -0.05) is 47.5 Å². The Labute approximate surface area is 153 Å². The van der Waals surface area contributed by atoms with Gasteiger partial charge in [-0.15, -0.1) is 11.3 Å². The summed E-state index contributed by atoms with van der Waals surface area (Å²) < 4.78 is 0. The molecule has 3 aromatic rings. The SMILES string of the molecule is N#CC(=CNc1ccccc1)c1nc(-c2ccc(Cl)c(Cl)c2)cs1. The van der Waals surface area contributed by atoms with Crippen molar-refractivity contribution in [3.8, 4) is 17.3 Å². The molecule has 0 saturated carbocycles. The fourth-order valence-electron chi connectivity index (χ4n) is 2.02. The van der Waals surface area contributed by atoms with Crippen molar-refractivity contribution in [1.29, 1.82) is 5.26 Å². The molecule has 3 rings (SSSR count). The van der Waals surface area contributed by atoms with E-state index >= 15 is 0 Å². The summed E-state index contributed by atoms with van der Waals surface area (Å²) in [6.45, 7) is 0. The number of aromatic nitrogens is 1. The quantitative estimate of drug-likeness (QED) is 0.564. The predicted molar refractivity (Wildman–Crippen MR) is 101 cm³/mol. The predicted octanol–water partition coefficient (Wildman–Crippen LogP) is 6.09. The molecule has 0 spiro atoms. The molecule has 6 heteroatoms. The first-order valence-electron chi connectivity index (χ1n) is 7.00. The van der Waals surface area contributed by atoms with Gasteiger partial charge in [-0.25, -0.2) is 4.98 Å². The zero-order chi connectivity index (χ0) is 16.9. The van der Waals surface area contributed by atoms with Crippen LogP contribution in [0.25, 0.3) is 16.8 Å². The van der Waals surface area contributed by atoms with Crippen molar-refractivity contribution in [2.24, 2.45) is 0 Å². The highest BCUT2D eigenvalue weighted by atomic mass is 35.5. The van der Waals surface area contributed by atoms with Crippen molar-refractivity contribution in [2.75, 3.05) is 5.32 Å². The first-order valence-corrected chi connectivity index (χ1v) is 8.64. The van der Waals surface area contributed by atoms with E-state index in [1.165, 1.54) is 11.3 Å². The molecule has 0 fully saturated rings. The Balaban J connectivity index is 1.85. The van der Waals surface area contributed by atoms with E-state index in [9.17, 15) is 5.26 Å². The van der Waals surface area contributed by atoms with E-state index in [2.05, 4.69) is 16.4 Å². The molecule has 0 unspecified atom stereocenters. The minimum atomic E-state index is 0.468. The summed E-state index contributed by atoms with van der Waals surface area (Å²) in [4.78, 5) is 4.52. The normalized spacial score (nSPS) is 11.1. The Bertz CT molecular complexity index is 927. The molecule has 0 radical (unpaired) electrons. The number of anilines is 1. The van der Waals surface area contributed by atoms with Crippen molar-refractivity contribution in [3.05, 3.63) is 75.2 Å². The van der Waals surface area contributed by atoms with Gasteiger partial charge in [0.1, 0.15) is 16.6 Å². The van der Waals surface area contributed by atoms with E-state index in [0.717, 1.165) is 16.9 Å². The van der Waals surface area contributed by atoms with Gasteiger partial charge < -0.3 is 5.32 Å². The molecule has 0 aliphatic heterocycles. The number of nitrogens with zero attached hydrogens (tertiary/aromatic N) is 2. The average Bonchev–Trinajstić information content (AvgIpc) is 3.09. The standard InChI is InChI=1S/C18H11Cl2N3S/c19-15-7-6-12(8-16(15)20)17-11-24-18(23-17)13(9-21)10-22-14-4-2-1-3-5-14/h1-8,10-11,22H. The molecule has 1 N–H and O–H groups in total. The van der Waals surface area contributed by atoms with Crippen LogP contribution in [-0.2, 0) is 0 Å². The highest BCUT2D eigenvalue weighted by Crippen LogP contribution is 2.30. The number of benzene rings is 2. The van der Waals surface area contributed by atoms with Crippen LogP contribution < -0.4 is 5.32 Å². The van der Waals surface area contributed by atoms with Gasteiger partial charge in [0, 0.05) is 22.8 Å². The largest absolute Gasteiger partial charge is 0.360 e. The summed E-state index contributed by atoms with van der Waals surface area (Å²) in [5.41, 5.74) is 3.00. The second kappa shape index (κ2) is 7.50. The maximum atomic E-state index is 9.39. The summed E-state index contributed by atoms with van der Waals surface area (Å²) in [5, 5.41) is 16.0. The first-order chi connectivity index (χ1) is 11.7. The van der Waals surface area contributed by atoms with Gasteiger partial charge >= 0.3 is 0 Å².